The molecule has 3 aromatic rings. The number of anilines is 3. The van der Waals surface area contributed by atoms with Crippen molar-refractivity contribution in [3.63, 3.8) is 0 Å². The van der Waals surface area contributed by atoms with Gasteiger partial charge in [-0.1, -0.05) is 50.8 Å². The molecule has 4 N–H and O–H groups in total. The highest BCUT2D eigenvalue weighted by atomic mass is 79.9. The summed E-state index contributed by atoms with van der Waals surface area (Å²) in [4.78, 5) is 8.67. The lowest BCUT2D eigenvalue weighted by molar-refractivity contribution is 0.408. The van der Waals surface area contributed by atoms with Gasteiger partial charge in [-0.25, -0.2) is 4.98 Å². The van der Waals surface area contributed by atoms with Gasteiger partial charge in [-0.05, 0) is 39.1 Å². The average Bonchev–Trinajstić information content (AvgIpc) is 3.18. The second-order valence-electron chi connectivity index (χ2n) is 6.76. The highest BCUT2D eigenvalue weighted by Crippen LogP contribution is 2.25. The number of nitrogens with one attached hydrogen (secondary N) is 3. The molecule has 0 saturated carbocycles. The zero-order valence-electron chi connectivity index (χ0n) is 16.3. The molecule has 0 saturated heterocycles. The second kappa shape index (κ2) is 9.38. The van der Waals surface area contributed by atoms with E-state index in [0.717, 1.165) is 22.6 Å². The highest BCUT2D eigenvalue weighted by molar-refractivity contribution is 9.10. The smallest absolute Gasteiger partial charge is 0.225 e. The lowest BCUT2D eigenvalue weighted by Gasteiger charge is -2.09. The van der Waals surface area contributed by atoms with E-state index in [2.05, 4.69) is 67.2 Å². The Morgan fingerprint density at radius 3 is 2.76 bits per heavy atom. The minimum Gasteiger partial charge on any atom is -0.510 e. The molecule has 3 rings (SSSR count). The Hall–Kier alpha value is -3.13. The van der Waals surface area contributed by atoms with Crippen molar-refractivity contribution in [3.8, 4) is 0 Å². The Kier molecular flexibility index (Phi) is 6.66. The fourth-order valence-corrected chi connectivity index (χ4v) is 2.81. The highest BCUT2D eigenvalue weighted by Gasteiger charge is 2.09. The van der Waals surface area contributed by atoms with Crippen LogP contribution in [-0.2, 0) is 0 Å². The van der Waals surface area contributed by atoms with Crippen LogP contribution >= 0.6 is 15.9 Å². The molecule has 2 aromatic heterocycles. The van der Waals surface area contributed by atoms with Gasteiger partial charge in [0, 0.05) is 12.3 Å². The van der Waals surface area contributed by atoms with E-state index in [4.69, 9.17) is 0 Å². The van der Waals surface area contributed by atoms with E-state index in [1.165, 1.54) is 0 Å². The van der Waals surface area contributed by atoms with Crippen LogP contribution in [0.1, 0.15) is 31.0 Å². The number of aliphatic hydroxyl groups excluding tert-OH is 1. The van der Waals surface area contributed by atoms with Crippen molar-refractivity contribution >= 4 is 39.1 Å². The first-order valence-electron chi connectivity index (χ1n) is 9.15. The van der Waals surface area contributed by atoms with Crippen LogP contribution < -0.4 is 10.6 Å². The van der Waals surface area contributed by atoms with E-state index in [-0.39, 0.29) is 12.3 Å². The molecule has 0 radical (unpaired) electrons. The van der Waals surface area contributed by atoms with Gasteiger partial charge in [-0.2, -0.15) is 10.1 Å². The van der Waals surface area contributed by atoms with Gasteiger partial charge in [0.15, 0.2) is 5.82 Å². The molecule has 0 bridgehead atoms. The maximum absolute atomic E-state index is 10.2. The fourth-order valence-electron chi connectivity index (χ4n) is 2.52. The Labute approximate surface area is 178 Å². The number of aromatic nitrogens is 4. The number of aliphatic hydroxyl groups is 1. The number of H-pyrrole nitrogens is 1. The standard InChI is InChI=1S/C21H23BrN6O/c1-13(2)18-10-19(28-27-18)25-20-17(22)12-24-21(26-20)23-11-16(29)9-14(3)15-7-5-4-6-8-15/h4-10,12-13,29H,3,11H2,1-2H3,(H3,23,24,25,26,27,28)/b16-9-. The molecule has 150 valence electrons. The summed E-state index contributed by atoms with van der Waals surface area (Å²) in [5.41, 5.74) is 2.64. The second-order valence-corrected chi connectivity index (χ2v) is 7.61. The van der Waals surface area contributed by atoms with Gasteiger partial charge in [-0.3, -0.25) is 5.10 Å². The summed E-state index contributed by atoms with van der Waals surface area (Å²) in [6, 6.07) is 11.6. The van der Waals surface area contributed by atoms with Crippen molar-refractivity contribution < 1.29 is 5.11 Å². The van der Waals surface area contributed by atoms with Crippen LogP contribution in [0.15, 0.2) is 65.5 Å². The van der Waals surface area contributed by atoms with E-state index in [1.807, 2.05) is 36.4 Å². The van der Waals surface area contributed by atoms with Gasteiger partial charge in [0.1, 0.15) is 11.6 Å². The van der Waals surface area contributed by atoms with Crippen LogP contribution in [0, 0.1) is 0 Å². The number of hydrogen-bond acceptors (Lipinski definition) is 6. The largest absolute Gasteiger partial charge is 0.510 e. The number of allylic oxidation sites excluding steroid dienone is 2. The van der Waals surface area contributed by atoms with Gasteiger partial charge in [0.25, 0.3) is 0 Å². The van der Waals surface area contributed by atoms with Gasteiger partial charge >= 0.3 is 0 Å². The summed E-state index contributed by atoms with van der Waals surface area (Å²) in [5, 5.41) is 23.6. The number of benzene rings is 1. The third-order valence-corrected chi connectivity index (χ3v) is 4.68. The summed E-state index contributed by atoms with van der Waals surface area (Å²) in [6.45, 7) is 8.32. The molecule has 7 nitrogen and oxygen atoms in total. The number of halogens is 1. The van der Waals surface area contributed by atoms with Gasteiger partial charge in [-0.15, -0.1) is 0 Å². The van der Waals surface area contributed by atoms with Gasteiger partial charge < -0.3 is 15.7 Å². The summed E-state index contributed by atoms with van der Waals surface area (Å²) in [6.07, 6.45) is 3.26. The quantitative estimate of drug-likeness (QED) is 0.268. The minimum absolute atomic E-state index is 0.134. The average molecular weight is 455 g/mol. The van der Waals surface area contributed by atoms with E-state index in [0.29, 0.717) is 22.2 Å². The molecule has 0 atom stereocenters. The molecule has 0 aliphatic heterocycles. The van der Waals surface area contributed by atoms with E-state index in [9.17, 15) is 5.11 Å². The first-order chi connectivity index (χ1) is 13.9. The zero-order valence-corrected chi connectivity index (χ0v) is 17.9. The van der Waals surface area contributed by atoms with Crippen molar-refractivity contribution in [3.05, 3.63) is 76.7 Å². The summed E-state index contributed by atoms with van der Waals surface area (Å²) in [7, 11) is 0. The fraction of sp³-hybridized carbons (Fsp3) is 0.190. The number of rotatable bonds is 8. The maximum Gasteiger partial charge on any atom is 0.225 e. The SMILES string of the molecule is C=C(/C=C(\O)CNc1ncc(Br)c(Nc2cc(C(C)C)n[nH]2)n1)c1ccccc1. The van der Waals surface area contributed by atoms with Gasteiger partial charge in [0.2, 0.25) is 5.95 Å². The Bertz CT molecular complexity index is 1010. The molecule has 0 spiro atoms. The number of nitrogens with zero attached hydrogens (tertiary/aromatic N) is 3. The molecular formula is C21H23BrN6O. The van der Waals surface area contributed by atoms with E-state index >= 15 is 0 Å². The molecule has 0 fully saturated rings. The normalized spacial score (nSPS) is 11.5. The molecular weight excluding hydrogens is 432 g/mol. The predicted molar refractivity (Wildman–Crippen MR) is 120 cm³/mol. The van der Waals surface area contributed by atoms with Crippen LogP contribution in [0.2, 0.25) is 0 Å². The van der Waals surface area contributed by atoms with Crippen molar-refractivity contribution in [1.29, 1.82) is 0 Å². The van der Waals surface area contributed by atoms with Crippen LogP contribution in [0.5, 0.6) is 0 Å². The van der Waals surface area contributed by atoms with Crippen molar-refractivity contribution in [2.75, 3.05) is 17.2 Å². The first kappa shape index (κ1) is 20.6. The third-order valence-electron chi connectivity index (χ3n) is 4.10. The minimum atomic E-state index is 0.134. The van der Waals surface area contributed by atoms with E-state index in [1.54, 1.807) is 12.3 Å². The summed E-state index contributed by atoms with van der Waals surface area (Å²) < 4.78 is 0.709. The molecule has 2 heterocycles. The maximum atomic E-state index is 10.2. The first-order valence-corrected chi connectivity index (χ1v) is 9.94. The van der Waals surface area contributed by atoms with Crippen LogP contribution in [0.3, 0.4) is 0 Å². The van der Waals surface area contributed by atoms with Crippen LogP contribution in [-0.4, -0.2) is 31.8 Å². The molecule has 0 aliphatic carbocycles. The number of hydrogen-bond donors (Lipinski definition) is 4. The lowest BCUT2D eigenvalue weighted by atomic mass is 10.1. The zero-order chi connectivity index (χ0) is 20.8. The summed E-state index contributed by atoms with van der Waals surface area (Å²) >= 11 is 3.44. The van der Waals surface area contributed by atoms with Crippen LogP contribution in [0.4, 0.5) is 17.6 Å². The Balaban J connectivity index is 1.64. The molecule has 1 aromatic carbocycles. The molecule has 8 heteroatoms. The number of aromatic amines is 1. The summed E-state index contributed by atoms with van der Waals surface area (Å²) in [5.74, 6) is 2.16. The monoisotopic (exact) mass is 454 g/mol. The molecule has 0 amide bonds. The third kappa shape index (κ3) is 5.68. The molecule has 29 heavy (non-hydrogen) atoms. The molecule has 0 aliphatic rings. The van der Waals surface area contributed by atoms with Gasteiger partial charge in [0.05, 0.1) is 16.7 Å². The Morgan fingerprint density at radius 2 is 2.07 bits per heavy atom. The van der Waals surface area contributed by atoms with Crippen LogP contribution in [0.25, 0.3) is 5.57 Å². The van der Waals surface area contributed by atoms with Crippen molar-refractivity contribution in [2.24, 2.45) is 0 Å². The van der Waals surface area contributed by atoms with Crippen molar-refractivity contribution in [2.45, 2.75) is 19.8 Å². The van der Waals surface area contributed by atoms with E-state index < -0.39 is 0 Å². The Morgan fingerprint density at radius 1 is 1.31 bits per heavy atom. The van der Waals surface area contributed by atoms with Crippen molar-refractivity contribution in [1.82, 2.24) is 20.2 Å². The predicted octanol–water partition coefficient (Wildman–Crippen LogP) is 5.40. The lowest BCUT2D eigenvalue weighted by Crippen LogP contribution is -2.09. The molecule has 0 unspecified atom stereocenters. The topological polar surface area (TPSA) is 98.7 Å².